The van der Waals surface area contributed by atoms with E-state index in [0.29, 0.717) is 4.90 Å². The van der Waals surface area contributed by atoms with Crippen LogP contribution < -0.4 is 0 Å². The summed E-state index contributed by atoms with van der Waals surface area (Å²) in [4.78, 5) is 0.416. The van der Waals surface area contributed by atoms with Crippen LogP contribution in [0.25, 0.3) is 0 Å². The first-order valence-corrected chi connectivity index (χ1v) is 10.4. The highest BCUT2D eigenvalue weighted by molar-refractivity contribution is 7.95. The molecule has 1 aromatic rings. The average molecular weight is 325 g/mol. The lowest BCUT2D eigenvalue weighted by molar-refractivity contribution is 0.556. The predicted octanol–water partition coefficient (Wildman–Crippen LogP) is 5.70. The molecule has 0 saturated heterocycles. The maximum Gasteiger partial charge on any atom is 0.104 e. The van der Waals surface area contributed by atoms with Crippen molar-refractivity contribution >= 4 is 15.7 Å². The molecule has 126 valence electrons. The summed E-state index contributed by atoms with van der Waals surface area (Å²) in [6.07, 6.45) is 14.5. The van der Waals surface area contributed by atoms with E-state index in [1.807, 2.05) is 12.1 Å². The van der Waals surface area contributed by atoms with Gasteiger partial charge in [0.2, 0.25) is 0 Å². The van der Waals surface area contributed by atoms with Gasteiger partial charge in [-0.05, 0) is 36.4 Å². The summed E-state index contributed by atoms with van der Waals surface area (Å²) in [7, 11) is -3.06. The lowest BCUT2D eigenvalue weighted by Crippen LogP contribution is -1.97. The monoisotopic (exact) mass is 324 g/mol. The fraction of sp³-hybridized carbons (Fsp3) is 0.632. The van der Waals surface area contributed by atoms with Gasteiger partial charge in [0.05, 0.1) is 4.90 Å². The van der Waals surface area contributed by atoms with Crippen LogP contribution in [0, 0.1) is 0 Å². The van der Waals surface area contributed by atoms with Gasteiger partial charge in [-0.15, -0.1) is 0 Å². The van der Waals surface area contributed by atoms with Gasteiger partial charge < -0.3 is 4.55 Å². The molecular formula is C19H32O2S. The van der Waals surface area contributed by atoms with Crippen molar-refractivity contribution in [1.82, 2.24) is 0 Å². The molecule has 22 heavy (non-hydrogen) atoms. The summed E-state index contributed by atoms with van der Waals surface area (Å²) < 4.78 is 20.7. The van der Waals surface area contributed by atoms with E-state index in [0.717, 1.165) is 6.42 Å². The predicted molar refractivity (Wildman–Crippen MR) is 98.1 cm³/mol. The maximum absolute atomic E-state index is 11.4. The highest BCUT2D eigenvalue weighted by Crippen LogP contribution is 2.14. The Labute approximate surface area is 137 Å². The van der Waals surface area contributed by atoms with E-state index in [9.17, 15) is 8.76 Å². The van der Waals surface area contributed by atoms with Crippen LogP contribution in [-0.2, 0) is 16.2 Å². The highest BCUT2D eigenvalue weighted by Gasteiger charge is 2.02. The Morgan fingerprint density at radius 2 is 1.32 bits per heavy atom. The van der Waals surface area contributed by atoms with Crippen molar-refractivity contribution in [2.45, 2.75) is 82.4 Å². The third kappa shape index (κ3) is 8.60. The van der Waals surface area contributed by atoms with E-state index in [4.69, 9.17) is 0 Å². The first-order chi connectivity index (χ1) is 10.5. The van der Waals surface area contributed by atoms with Gasteiger partial charge in [-0.2, -0.15) is 0 Å². The number of rotatable bonds is 12. The SMILES string of the molecule is C=S(=O)(O)c1ccc(CCCCCCCCCCCC)cc1. The van der Waals surface area contributed by atoms with Gasteiger partial charge in [-0.3, -0.25) is 0 Å². The third-order valence-corrected chi connectivity index (χ3v) is 5.12. The lowest BCUT2D eigenvalue weighted by Gasteiger charge is -2.05. The number of aryl methyl sites for hydroxylation is 1. The van der Waals surface area contributed by atoms with Crippen molar-refractivity contribution in [3.63, 3.8) is 0 Å². The van der Waals surface area contributed by atoms with E-state index in [1.54, 1.807) is 12.1 Å². The third-order valence-electron chi connectivity index (χ3n) is 4.11. The molecule has 0 amide bonds. The maximum atomic E-state index is 11.4. The minimum atomic E-state index is -3.06. The molecule has 0 radical (unpaired) electrons. The molecule has 0 saturated carbocycles. The van der Waals surface area contributed by atoms with Gasteiger partial charge in [0.25, 0.3) is 0 Å². The zero-order valence-corrected chi connectivity index (χ0v) is 14.9. The van der Waals surface area contributed by atoms with Crippen LogP contribution in [0.5, 0.6) is 0 Å². The molecule has 3 heteroatoms. The van der Waals surface area contributed by atoms with E-state index >= 15 is 0 Å². The average Bonchev–Trinajstić information content (AvgIpc) is 2.49. The molecule has 2 nitrogen and oxygen atoms in total. The van der Waals surface area contributed by atoms with Crippen LogP contribution in [0.2, 0.25) is 0 Å². The zero-order valence-electron chi connectivity index (χ0n) is 14.1. The largest absolute Gasteiger partial charge is 0.310 e. The minimum absolute atomic E-state index is 0.416. The lowest BCUT2D eigenvalue weighted by atomic mass is 10.0. The van der Waals surface area contributed by atoms with Gasteiger partial charge in [-0.25, -0.2) is 4.21 Å². The first kappa shape index (κ1) is 19.2. The molecule has 0 aliphatic carbocycles. The Balaban J connectivity index is 2.05. The molecule has 0 aliphatic heterocycles. The summed E-state index contributed by atoms with van der Waals surface area (Å²) in [5.41, 5.74) is 1.24. The van der Waals surface area contributed by atoms with Gasteiger partial charge in [0.15, 0.2) is 0 Å². The van der Waals surface area contributed by atoms with Crippen molar-refractivity contribution in [2.24, 2.45) is 0 Å². The fourth-order valence-electron chi connectivity index (χ4n) is 2.69. The standard InChI is InChI=1S/C19H32O2S/c1-3-4-5-6-7-8-9-10-11-12-13-18-14-16-19(17-15-18)22(2,20)21/h14-17H,2-13H2,1H3,(H,20,21). The Morgan fingerprint density at radius 1 is 0.864 bits per heavy atom. The summed E-state index contributed by atoms with van der Waals surface area (Å²) >= 11 is 0. The van der Waals surface area contributed by atoms with Crippen LogP contribution in [0.1, 0.15) is 76.7 Å². The van der Waals surface area contributed by atoms with E-state index in [2.05, 4.69) is 12.8 Å². The number of unbranched alkanes of at least 4 members (excludes halogenated alkanes) is 9. The Morgan fingerprint density at radius 3 is 1.77 bits per heavy atom. The van der Waals surface area contributed by atoms with Gasteiger partial charge in [0.1, 0.15) is 9.80 Å². The topological polar surface area (TPSA) is 37.3 Å². The summed E-state index contributed by atoms with van der Waals surface area (Å²) in [5, 5.41) is 0. The molecule has 0 aliphatic rings. The molecule has 0 bridgehead atoms. The minimum Gasteiger partial charge on any atom is -0.310 e. The van der Waals surface area contributed by atoms with Crippen LogP contribution in [0.15, 0.2) is 29.2 Å². The Kier molecular flexibility index (Phi) is 9.49. The zero-order chi connectivity index (χ0) is 16.3. The molecule has 1 atom stereocenters. The second-order valence-electron chi connectivity index (χ2n) is 6.22. The first-order valence-electron chi connectivity index (χ1n) is 8.72. The summed E-state index contributed by atoms with van der Waals surface area (Å²) in [5.74, 6) is 3.28. The Hall–Kier alpha value is -0.800. The fourth-order valence-corrected chi connectivity index (χ4v) is 3.25. The summed E-state index contributed by atoms with van der Waals surface area (Å²) in [6.45, 7) is 2.26. The Bertz CT molecular complexity index is 489. The van der Waals surface area contributed by atoms with E-state index in [-0.39, 0.29) is 0 Å². The van der Waals surface area contributed by atoms with Crippen LogP contribution in [-0.4, -0.2) is 14.6 Å². The highest BCUT2D eigenvalue weighted by atomic mass is 32.2. The van der Waals surface area contributed by atoms with Crippen molar-refractivity contribution in [3.8, 4) is 0 Å². The molecule has 1 N–H and O–H groups in total. The van der Waals surface area contributed by atoms with Crippen LogP contribution in [0.3, 0.4) is 0 Å². The van der Waals surface area contributed by atoms with Crippen LogP contribution in [0.4, 0.5) is 0 Å². The van der Waals surface area contributed by atoms with Gasteiger partial charge >= 0.3 is 0 Å². The molecule has 0 spiro atoms. The summed E-state index contributed by atoms with van der Waals surface area (Å²) in [6, 6.07) is 7.34. The van der Waals surface area contributed by atoms with Crippen LogP contribution >= 0.6 is 0 Å². The number of hydrogen-bond acceptors (Lipinski definition) is 1. The molecule has 1 unspecified atom stereocenters. The van der Waals surface area contributed by atoms with Crippen molar-refractivity contribution in [1.29, 1.82) is 0 Å². The molecular weight excluding hydrogens is 292 g/mol. The normalized spacial score (nSPS) is 13.9. The second-order valence-corrected chi connectivity index (χ2v) is 7.97. The number of benzene rings is 1. The van der Waals surface area contributed by atoms with E-state index < -0.39 is 9.80 Å². The number of hydrogen-bond donors (Lipinski definition) is 1. The van der Waals surface area contributed by atoms with E-state index in [1.165, 1.54) is 69.8 Å². The molecule has 0 fully saturated rings. The van der Waals surface area contributed by atoms with Gasteiger partial charge in [0, 0.05) is 0 Å². The molecule has 0 aromatic heterocycles. The second kappa shape index (κ2) is 10.8. The van der Waals surface area contributed by atoms with Gasteiger partial charge in [-0.1, -0.05) is 76.8 Å². The smallest absolute Gasteiger partial charge is 0.104 e. The van der Waals surface area contributed by atoms with Crippen molar-refractivity contribution in [2.75, 3.05) is 0 Å². The molecule has 0 heterocycles. The quantitative estimate of drug-likeness (QED) is 0.395. The molecule has 1 rings (SSSR count). The molecule has 1 aromatic carbocycles. The van der Waals surface area contributed by atoms with Crippen molar-refractivity contribution in [3.05, 3.63) is 29.8 Å². The van der Waals surface area contributed by atoms with Crippen molar-refractivity contribution < 1.29 is 8.76 Å².